The number of hydrogen-bond donors (Lipinski definition) is 1. The first kappa shape index (κ1) is 13.5. The van der Waals surface area contributed by atoms with Crippen LogP contribution in [0.3, 0.4) is 0 Å². The lowest BCUT2D eigenvalue weighted by atomic mass is 10.0. The second kappa shape index (κ2) is 6.26. The van der Waals surface area contributed by atoms with E-state index in [1.165, 1.54) is 6.07 Å². The van der Waals surface area contributed by atoms with Crippen LogP contribution in [-0.2, 0) is 0 Å². The smallest absolute Gasteiger partial charge is 0.153 e. The Kier molecular flexibility index (Phi) is 4.98. The Labute approximate surface area is 106 Å². The van der Waals surface area contributed by atoms with Crippen LogP contribution < -0.4 is 5.73 Å². The summed E-state index contributed by atoms with van der Waals surface area (Å²) in [6, 6.07) is 12.0. The Bertz CT molecular complexity index is 497. The van der Waals surface area contributed by atoms with Crippen LogP contribution in [-0.4, -0.2) is 0 Å². The van der Waals surface area contributed by atoms with Gasteiger partial charge < -0.3 is 5.73 Å². The number of benzene rings is 2. The molecule has 0 aliphatic heterocycles. The maximum atomic E-state index is 13.7. The lowest BCUT2D eigenvalue weighted by Gasteiger charge is -2.06. The van der Waals surface area contributed by atoms with E-state index in [0.717, 1.165) is 0 Å². The molecule has 0 atom stereocenters. The fraction of sp³-hybridized carbons (Fsp3) is 0.143. The van der Waals surface area contributed by atoms with Crippen LogP contribution in [0.15, 0.2) is 42.5 Å². The highest BCUT2D eigenvalue weighted by Gasteiger charge is 2.09. The third kappa shape index (κ3) is 2.98. The largest absolute Gasteiger partial charge is 0.396 e. The predicted octanol–water partition coefficient (Wildman–Crippen LogP) is 4.75. The van der Waals surface area contributed by atoms with Crippen molar-refractivity contribution in [1.82, 2.24) is 0 Å². The van der Waals surface area contributed by atoms with Gasteiger partial charge in [0.1, 0.15) is 0 Å². The third-order valence-electron chi connectivity index (χ3n) is 2.19. The van der Waals surface area contributed by atoms with Crippen molar-refractivity contribution in [2.75, 3.05) is 5.73 Å². The van der Waals surface area contributed by atoms with Gasteiger partial charge in [-0.15, -0.1) is 0 Å². The van der Waals surface area contributed by atoms with E-state index in [2.05, 4.69) is 0 Å². The third-order valence-corrected chi connectivity index (χ3v) is 2.52. The Balaban J connectivity index is 0.000000686. The van der Waals surface area contributed by atoms with Crippen molar-refractivity contribution < 1.29 is 4.39 Å². The van der Waals surface area contributed by atoms with Gasteiger partial charge >= 0.3 is 0 Å². The molecule has 2 aromatic carbocycles. The van der Waals surface area contributed by atoms with E-state index < -0.39 is 5.82 Å². The van der Waals surface area contributed by atoms with Crippen molar-refractivity contribution in [3.63, 3.8) is 0 Å². The molecule has 2 aromatic rings. The quantitative estimate of drug-likeness (QED) is 0.727. The molecule has 0 aromatic heterocycles. The summed E-state index contributed by atoms with van der Waals surface area (Å²) in [4.78, 5) is 0. The Morgan fingerprint density at radius 1 is 0.941 bits per heavy atom. The van der Waals surface area contributed by atoms with E-state index >= 15 is 0 Å². The number of halogens is 2. The van der Waals surface area contributed by atoms with Gasteiger partial charge in [-0.3, -0.25) is 0 Å². The molecule has 3 heteroatoms. The molecule has 0 heterocycles. The zero-order valence-corrected chi connectivity index (χ0v) is 10.6. The summed E-state index contributed by atoms with van der Waals surface area (Å²) in [6.45, 7) is 4.00. The number of nitrogens with two attached hydrogens (primary N) is 1. The van der Waals surface area contributed by atoms with Crippen molar-refractivity contribution >= 4 is 17.3 Å². The molecule has 90 valence electrons. The molecular weight excluding hydrogens is 237 g/mol. The molecule has 2 rings (SSSR count). The van der Waals surface area contributed by atoms with Crippen molar-refractivity contribution in [2.24, 2.45) is 0 Å². The van der Waals surface area contributed by atoms with E-state index in [1.54, 1.807) is 30.3 Å². The highest BCUT2D eigenvalue weighted by atomic mass is 35.5. The summed E-state index contributed by atoms with van der Waals surface area (Å²) in [6.07, 6.45) is 0. The van der Waals surface area contributed by atoms with Crippen LogP contribution in [0.1, 0.15) is 13.8 Å². The Hall–Kier alpha value is -1.54. The molecule has 0 saturated carbocycles. The van der Waals surface area contributed by atoms with Crippen molar-refractivity contribution in [1.29, 1.82) is 0 Å². The molecule has 0 bridgehead atoms. The summed E-state index contributed by atoms with van der Waals surface area (Å²) in [5, 5.41) is 0.516. The minimum absolute atomic E-state index is 0.132. The minimum atomic E-state index is -0.425. The Morgan fingerprint density at radius 2 is 1.53 bits per heavy atom. The van der Waals surface area contributed by atoms with E-state index in [4.69, 9.17) is 17.3 Å². The second-order valence-electron chi connectivity index (χ2n) is 3.19. The fourth-order valence-electron chi connectivity index (χ4n) is 1.44. The average Bonchev–Trinajstić information content (AvgIpc) is 2.36. The summed E-state index contributed by atoms with van der Waals surface area (Å²) in [5.74, 6) is -0.425. The molecule has 0 fully saturated rings. The van der Waals surface area contributed by atoms with Gasteiger partial charge in [-0.25, -0.2) is 4.39 Å². The highest BCUT2D eigenvalue weighted by Crippen LogP contribution is 2.31. The number of hydrogen-bond acceptors (Lipinski definition) is 1. The van der Waals surface area contributed by atoms with Gasteiger partial charge in [-0.2, -0.15) is 0 Å². The lowest BCUT2D eigenvalue weighted by molar-refractivity contribution is 0.636. The van der Waals surface area contributed by atoms with E-state index in [1.807, 2.05) is 19.9 Å². The monoisotopic (exact) mass is 251 g/mol. The fourth-order valence-corrected chi connectivity index (χ4v) is 1.68. The molecule has 2 N–H and O–H groups in total. The average molecular weight is 252 g/mol. The minimum Gasteiger partial charge on any atom is -0.396 e. The number of nitrogen functional groups attached to an aromatic ring is 1. The Morgan fingerprint density at radius 3 is 2.18 bits per heavy atom. The van der Waals surface area contributed by atoms with Gasteiger partial charge in [-0.1, -0.05) is 55.8 Å². The van der Waals surface area contributed by atoms with Crippen LogP contribution in [0.4, 0.5) is 10.1 Å². The van der Waals surface area contributed by atoms with Crippen LogP contribution in [0.2, 0.25) is 5.02 Å². The summed E-state index contributed by atoms with van der Waals surface area (Å²) in [7, 11) is 0. The maximum Gasteiger partial charge on any atom is 0.153 e. The standard InChI is InChI=1S/C12H9ClFN.C2H6/c13-10-6-2-1-4-8(10)9-5-3-7-11(15)12(9)14;1-2/h1-7H,15H2;1-2H3. The van der Waals surface area contributed by atoms with Gasteiger partial charge in [0.2, 0.25) is 0 Å². The molecule has 0 amide bonds. The first-order chi connectivity index (χ1) is 8.20. The first-order valence-electron chi connectivity index (χ1n) is 5.49. The summed E-state index contributed by atoms with van der Waals surface area (Å²) >= 11 is 5.98. The number of anilines is 1. The molecule has 0 saturated heterocycles. The molecule has 0 unspecified atom stereocenters. The predicted molar refractivity (Wildman–Crippen MR) is 72.6 cm³/mol. The van der Waals surface area contributed by atoms with Gasteiger partial charge in [0, 0.05) is 16.1 Å². The SMILES string of the molecule is CC.Nc1cccc(-c2ccccc2Cl)c1F. The first-order valence-corrected chi connectivity index (χ1v) is 5.87. The van der Waals surface area contributed by atoms with Gasteiger partial charge in [-0.05, 0) is 12.1 Å². The molecule has 0 aliphatic rings. The molecular formula is C14H15ClFN. The summed E-state index contributed by atoms with van der Waals surface area (Å²) < 4.78 is 13.7. The van der Waals surface area contributed by atoms with Gasteiger partial charge in [0.15, 0.2) is 5.82 Å². The molecule has 1 nitrogen and oxygen atoms in total. The van der Waals surface area contributed by atoms with Crippen LogP contribution in [0.5, 0.6) is 0 Å². The molecule has 0 aliphatic carbocycles. The van der Waals surface area contributed by atoms with Crippen LogP contribution >= 0.6 is 11.6 Å². The van der Waals surface area contributed by atoms with Crippen molar-refractivity contribution in [3.05, 3.63) is 53.3 Å². The van der Waals surface area contributed by atoms with Crippen LogP contribution in [0.25, 0.3) is 11.1 Å². The highest BCUT2D eigenvalue weighted by molar-refractivity contribution is 6.33. The van der Waals surface area contributed by atoms with E-state index in [0.29, 0.717) is 16.1 Å². The van der Waals surface area contributed by atoms with Gasteiger partial charge in [0.25, 0.3) is 0 Å². The van der Waals surface area contributed by atoms with Crippen molar-refractivity contribution in [3.8, 4) is 11.1 Å². The summed E-state index contributed by atoms with van der Waals surface area (Å²) in [5.41, 5.74) is 6.71. The molecule has 0 spiro atoms. The second-order valence-corrected chi connectivity index (χ2v) is 3.60. The van der Waals surface area contributed by atoms with E-state index in [-0.39, 0.29) is 5.69 Å². The maximum absolute atomic E-state index is 13.7. The zero-order chi connectivity index (χ0) is 12.8. The zero-order valence-electron chi connectivity index (χ0n) is 9.87. The molecule has 17 heavy (non-hydrogen) atoms. The number of rotatable bonds is 1. The van der Waals surface area contributed by atoms with E-state index in [9.17, 15) is 4.39 Å². The molecule has 0 radical (unpaired) electrons. The topological polar surface area (TPSA) is 26.0 Å². The van der Waals surface area contributed by atoms with Gasteiger partial charge in [0.05, 0.1) is 5.69 Å². The van der Waals surface area contributed by atoms with Crippen LogP contribution in [0, 0.1) is 5.82 Å². The normalized spacial score (nSPS) is 9.41. The lowest BCUT2D eigenvalue weighted by Crippen LogP contribution is -1.93. The van der Waals surface area contributed by atoms with Crippen molar-refractivity contribution in [2.45, 2.75) is 13.8 Å².